The van der Waals surface area contributed by atoms with Crippen LogP contribution in [0.1, 0.15) is 18.9 Å². The molecule has 1 amide bonds. The van der Waals surface area contributed by atoms with E-state index >= 15 is 0 Å². The molecule has 0 unspecified atom stereocenters. The molecule has 2 aromatic carbocycles. The molecule has 0 heterocycles. The maximum atomic E-state index is 11.9. The predicted octanol–water partition coefficient (Wildman–Crippen LogP) is 3.19. The Bertz CT molecular complexity index is 525. The van der Waals surface area contributed by atoms with Crippen molar-refractivity contribution in [2.24, 2.45) is 0 Å². The second-order valence-corrected chi connectivity index (χ2v) is 4.89. The topological polar surface area (TPSA) is 41.1 Å². The van der Waals surface area contributed by atoms with E-state index < -0.39 is 0 Å². The zero-order valence-corrected chi connectivity index (χ0v) is 11.7. The van der Waals surface area contributed by atoms with Gasteiger partial charge in [-0.3, -0.25) is 4.79 Å². The monoisotopic (exact) mass is 268 g/mol. The van der Waals surface area contributed by atoms with Crippen LogP contribution in [0.2, 0.25) is 0 Å². The molecule has 0 saturated carbocycles. The SMILES string of the molecule is C[C@@H](CC(=O)Nc1ccccc1)NCc1ccccc1. The Morgan fingerprint density at radius 3 is 2.25 bits per heavy atom. The summed E-state index contributed by atoms with van der Waals surface area (Å²) >= 11 is 0. The van der Waals surface area contributed by atoms with Crippen LogP contribution < -0.4 is 10.6 Å². The van der Waals surface area contributed by atoms with E-state index in [0.717, 1.165) is 12.2 Å². The summed E-state index contributed by atoms with van der Waals surface area (Å²) in [5.41, 5.74) is 2.07. The summed E-state index contributed by atoms with van der Waals surface area (Å²) in [4.78, 5) is 11.9. The number of amides is 1. The van der Waals surface area contributed by atoms with E-state index in [9.17, 15) is 4.79 Å². The standard InChI is InChI=1S/C17H20N2O/c1-14(18-13-15-8-4-2-5-9-15)12-17(20)19-16-10-6-3-7-11-16/h2-11,14,18H,12-13H2,1H3,(H,19,20)/t14-/m0/s1. The Morgan fingerprint density at radius 1 is 1.00 bits per heavy atom. The van der Waals surface area contributed by atoms with Crippen molar-refractivity contribution >= 4 is 11.6 Å². The second kappa shape index (κ2) is 7.46. The Labute approximate surface area is 120 Å². The molecular formula is C17H20N2O. The van der Waals surface area contributed by atoms with Crippen LogP contribution in [0.4, 0.5) is 5.69 Å². The van der Waals surface area contributed by atoms with Gasteiger partial charge in [0.25, 0.3) is 0 Å². The zero-order chi connectivity index (χ0) is 14.2. The van der Waals surface area contributed by atoms with Gasteiger partial charge >= 0.3 is 0 Å². The highest BCUT2D eigenvalue weighted by Crippen LogP contribution is 2.06. The molecule has 3 heteroatoms. The van der Waals surface area contributed by atoms with Crippen molar-refractivity contribution in [1.29, 1.82) is 0 Å². The molecule has 0 aliphatic carbocycles. The molecule has 20 heavy (non-hydrogen) atoms. The van der Waals surface area contributed by atoms with Gasteiger partial charge in [-0.05, 0) is 24.6 Å². The van der Waals surface area contributed by atoms with Crippen LogP contribution in [-0.2, 0) is 11.3 Å². The summed E-state index contributed by atoms with van der Waals surface area (Å²) in [6.07, 6.45) is 0.460. The third-order valence-electron chi connectivity index (χ3n) is 3.05. The molecule has 0 spiro atoms. The van der Waals surface area contributed by atoms with Crippen molar-refractivity contribution in [3.8, 4) is 0 Å². The molecule has 0 fully saturated rings. The van der Waals surface area contributed by atoms with Crippen LogP contribution in [0.15, 0.2) is 60.7 Å². The van der Waals surface area contributed by atoms with E-state index in [0.29, 0.717) is 6.42 Å². The van der Waals surface area contributed by atoms with E-state index in [-0.39, 0.29) is 11.9 Å². The van der Waals surface area contributed by atoms with Gasteiger partial charge < -0.3 is 10.6 Å². The van der Waals surface area contributed by atoms with Gasteiger partial charge in [-0.2, -0.15) is 0 Å². The van der Waals surface area contributed by atoms with Gasteiger partial charge in [0, 0.05) is 24.7 Å². The number of anilines is 1. The summed E-state index contributed by atoms with van der Waals surface area (Å²) in [6.45, 7) is 2.80. The largest absolute Gasteiger partial charge is 0.326 e. The molecule has 104 valence electrons. The molecule has 0 radical (unpaired) electrons. The number of carbonyl (C=O) groups is 1. The highest BCUT2D eigenvalue weighted by Gasteiger charge is 2.08. The molecule has 2 N–H and O–H groups in total. The quantitative estimate of drug-likeness (QED) is 0.844. The summed E-state index contributed by atoms with van der Waals surface area (Å²) in [5, 5.41) is 6.25. The van der Waals surface area contributed by atoms with Gasteiger partial charge in [-0.15, -0.1) is 0 Å². The van der Waals surface area contributed by atoms with Crippen LogP contribution in [0.3, 0.4) is 0 Å². The molecule has 2 aromatic rings. The summed E-state index contributed by atoms with van der Waals surface area (Å²) < 4.78 is 0. The smallest absolute Gasteiger partial charge is 0.225 e. The zero-order valence-electron chi connectivity index (χ0n) is 11.7. The van der Waals surface area contributed by atoms with Crippen molar-refractivity contribution in [2.75, 3.05) is 5.32 Å². The third kappa shape index (κ3) is 4.86. The molecule has 0 aliphatic heterocycles. The van der Waals surface area contributed by atoms with Crippen molar-refractivity contribution in [1.82, 2.24) is 5.32 Å². The fraction of sp³-hybridized carbons (Fsp3) is 0.235. The number of rotatable bonds is 6. The maximum Gasteiger partial charge on any atom is 0.225 e. The van der Waals surface area contributed by atoms with E-state index in [1.54, 1.807) is 0 Å². The number of carbonyl (C=O) groups excluding carboxylic acids is 1. The number of hydrogen-bond donors (Lipinski definition) is 2. The average molecular weight is 268 g/mol. The molecule has 0 bridgehead atoms. The van der Waals surface area contributed by atoms with Crippen LogP contribution in [0.25, 0.3) is 0 Å². The Balaban J connectivity index is 1.74. The molecular weight excluding hydrogens is 248 g/mol. The average Bonchev–Trinajstić information content (AvgIpc) is 2.47. The molecule has 1 atom stereocenters. The Kier molecular flexibility index (Phi) is 5.33. The fourth-order valence-corrected chi connectivity index (χ4v) is 1.97. The van der Waals surface area contributed by atoms with Crippen LogP contribution >= 0.6 is 0 Å². The summed E-state index contributed by atoms with van der Waals surface area (Å²) in [5.74, 6) is 0.0317. The van der Waals surface area contributed by atoms with Gasteiger partial charge in [0.2, 0.25) is 5.91 Å². The molecule has 3 nitrogen and oxygen atoms in total. The van der Waals surface area contributed by atoms with Crippen LogP contribution in [-0.4, -0.2) is 11.9 Å². The number of benzene rings is 2. The first-order chi connectivity index (χ1) is 9.74. The lowest BCUT2D eigenvalue weighted by Gasteiger charge is -2.13. The molecule has 0 aliphatic rings. The maximum absolute atomic E-state index is 11.9. The first-order valence-corrected chi connectivity index (χ1v) is 6.86. The minimum absolute atomic E-state index is 0.0317. The van der Waals surface area contributed by atoms with E-state index in [2.05, 4.69) is 22.8 Å². The van der Waals surface area contributed by atoms with Crippen molar-refractivity contribution in [3.05, 3.63) is 66.2 Å². The first kappa shape index (κ1) is 14.3. The van der Waals surface area contributed by atoms with Gasteiger partial charge in [0.1, 0.15) is 0 Å². The van der Waals surface area contributed by atoms with E-state index in [4.69, 9.17) is 0 Å². The van der Waals surface area contributed by atoms with E-state index in [1.165, 1.54) is 5.56 Å². The van der Waals surface area contributed by atoms with Crippen molar-refractivity contribution < 1.29 is 4.79 Å². The first-order valence-electron chi connectivity index (χ1n) is 6.86. The van der Waals surface area contributed by atoms with Gasteiger partial charge in [0.15, 0.2) is 0 Å². The molecule has 0 aromatic heterocycles. The van der Waals surface area contributed by atoms with Crippen LogP contribution in [0, 0.1) is 0 Å². The predicted molar refractivity (Wildman–Crippen MR) is 82.4 cm³/mol. The minimum atomic E-state index is 0.0317. The lowest BCUT2D eigenvalue weighted by molar-refractivity contribution is -0.116. The van der Waals surface area contributed by atoms with Crippen molar-refractivity contribution in [2.45, 2.75) is 25.9 Å². The minimum Gasteiger partial charge on any atom is -0.326 e. The molecule has 0 saturated heterocycles. The Morgan fingerprint density at radius 2 is 1.60 bits per heavy atom. The number of nitrogens with one attached hydrogen (secondary N) is 2. The highest BCUT2D eigenvalue weighted by atomic mass is 16.1. The normalized spacial score (nSPS) is 11.8. The summed E-state index contributed by atoms with van der Waals surface area (Å²) in [6, 6.07) is 19.8. The summed E-state index contributed by atoms with van der Waals surface area (Å²) in [7, 11) is 0. The lowest BCUT2D eigenvalue weighted by atomic mass is 10.2. The van der Waals surface area contributed by atoms with Crippen LogP contribution in [0.5, 0.6) is 0 Å². The highest BCUT2D eigenvalue weighted by molar-refractivity contribution is 5.90. The fourth-order valence-electron chi connectivity index (χ4n) is 1.97. The van der Waals surface area contributed by atoms with E-state index in [1.807, 2.05) is 55.5 Å². The Hall–Kier alpha value is -2.13. The lowest BCUT2D eigenvalue weighted by Crippen LogP contribution is -2.30. The van der Waals surface area contributed by atoms with Crippen molar-refractivity contribution in [3.63, 3.8) is 0 Å². The second-order valence-electron chi connectivity index (χ2n) is 4.89. The molecule has 2 rings (SSSR count). The number of hydrogen-bond acceptors (Lipinski definition) is 2. The third-order valence-corrected chi connectivity index (χ3v) is 3.05. The number of para-hydroxylation sites is 1. The van der Waals surface area contributed by atoms with Gasteiger partial charge in [0.05, 0.1) is 0 Å². The van der Waals surface area contributed by atoms with Gasteiger partial charge in [-0.1, -0.05) is 48.5 Å². The van der Waals surface area contributed by atoms with Gasteiger partial charge in [-0.25, -0.2) is 0 Å².